The Balaban J connectivity index is 2.15. The van der Waals surface area contributed by atoms with Gasteiger partial charge in [0, 0.05) is 19.7 Å². The third kappa shape index (κ3) is 3.04. The van der Waals surface area contributed by atoms with Gasteiger partial charge >= 0.3 is 0 Å². The average molecular weight is 267 g/mol. The number of hydrogen-bond donors (Lipinski definition) is 1. The predicted molar refractivity (Wildman–Crippen MR) is 68.6 cm³/mol. The van der Waals surface area contributed by atoms with E-state index in [2.05, 4.69) is 0 Å². The standard InChI is InChI=1S/C14H18FNO3/c1-2-19-10-5-4-8-16(9-10)14(18)13-11(15)6-3-7-12(13)17/h3,6-7,10,17H,2,4-5,8-9H2,1H3/t10-/m0/s1. The first-order chi connectivity index (χ1) is 9.13. The number of halogens is 1. The zero-order valence-electron chi connectivity index (χ0n) is 10.9. The van der Waals surface area contributed by atoms with Crippen molar-refractivity contribution in [2.45, 2.75) is 25.9 Å². The molecule has 1 N–H and O–H groups in total. The molecule has 1 amide bonds. The largest absolute Gasteiger partial charge is 0.507 e. The molecule has 104 valence electrons. The van der Waals surface area contributed by atoms with Crippen LogP contribution in [0.1, 0.15) is 30.1 Å². The first-order valence-electron chi connectivity index (χ1n) is 6.51. The van der Waals surface area contributed by atoms with E-state index in [9.17, 15) is 14.3 Å². The number of aromatic hydroxyl groups is 1. The van der Waals surface area contributed by atoms with Crippen LogP contribution in [0.4, 0.5) is 4.39 Å². The fraction of sp³-hybridized carbons (Fsp3) is 0.500. The highest BCUT2D eigenvalue weighted by Gasteiger charge is 2.27. The number of benzene rings is 1. The van der Waals surface area contributed by atoms with E-state index in [-0.39, 0.29) is 17.4 Å². The maximum Gasteiger partial charge on any atom is 0.260 e. The van der Waals surface area contributed by atoms with E-state index in [0.29, 0.717) is 19.7 Å². The molecule has 1 atom stereocenters. The summed E-state index contributed by atoms with van der Waals surface area (Å²) in [6.45, 7) is 3.51. The van der Waals surface area contributed by atoms with Crippen LogP contribution in [-0.2, 0) is 4.74 Å². The summed E-state index contributed by atoms with van der Waals surface area (Å²) >= 11 is 0. The molecule has 4 nitrogen and oxygen atoms in total. The summed E-state index contributed by atoms with van der Waals surface area (Å²) < 4.78 is 19.2. The number of phenols is 1. The van der Waals surface area contributed by atoms with Crippen LogP contribution >= 0.6 is 0 Å². The van der Waals surface area contributed by atoms with Crippen molar-refractivity contribution in [2.24, 2.45) is 0 Å². The van der Waals surface area contributed by atoms with Gasteiger partial charge in [-0.05, 0) is 31.9 Å². The lowest BCUT2D eigenvalue weighted by molar-refractivity contribution is 0.00696. The van der Waals surface area contributed by atoms with Crippen LogP contribution in [0, 0.1) is 5.82 Å². The van der Waals surface area contributed by atoms with Crippen LogP contribution in [0.2, 0.25) is 0 Å². The van der Waals surface area contributed by atoms with Crippen molar-refractivity contribution >= 4 is 5.91 Å². The second-order valence-corrected chi connectivity index (χ2v) is 4.60. The molecule has 0 aromatic heterocycles. The Hall–Kier alpha value is -1.62. The summed E-state index contributed by atoms with van der Waals surface area (Å²) in [5, 5.41) is 9.64. The molecule has 0 bridgehead atoms. The van der Waals surface area contributed by atoms with E-state index >= 15 is 0 Å². The number of nitrogens with zero attached hydrogens (tertiary/aromatic N) is 1. The molecule has 1 saturated heterocycles. The molecule has 0 spiro atoms. The molecule has 2 rings (SSSR count). The van der Waals surface area contributed by atoms with Crippen LogP contribution < -0.4 is 0 Å². The lowest BCUT2D eigenvalue weighted by Gasteiger charge is -2.32. The van der Waals surface area contributed by atoms with E-state index in [4.69, 9.17) is 4.74 Å². The number of hydrogen-bond acceptors (Lipinski definition) is 3. The van der Waals surface area contributed by atoms with Crippen LogP contribution in [-0.4, -0.2) is 41.7 Å². The summed E-state index contributed by atoms with van der Waals surface area (Å²) in [6.07, 6.45) is 1.73. The Labute approximate surface area is 111 Å². The predicted octanol–water partition coefficient (Wildman–Crippen LogP) is 2.17. The van der Waals surface area contributed by atoms with Gasteiger partial charge in [0.15, 0.2) is 0 Å². The van der Waals surface area contributed by atoms with Gasteiger partial charge in [0.1, 0.15) is 17.1 Å². The molecule has 19 heavy (non-hydrogen) atoms. The van der Waals surface area contributed by atoms with Crippen molar-refractivity contribution in [3.63, 3.8) is 0 Å². The van der Waals surface area contributed by atoms with E-state index in [1.165, 1.54) is 18.2 Å². The Morgan fingerprint density at radius 2 is 2.37 bits per heavy atom. The SMILES string of the molecule is CCO[C@H]1CCCN(C(=O)c2c(O)cccc2F)C1. The number of ether oxygens (including phenoxy) is 1. The van der Waals surface area contributed by atoms with E-state index in [1.807, 2.05) is 6.92 Å². The fourth-order valence-electron chi connectivity index (χ4n) is 2.38. The third-order valence-electron chi connectivity index (χ3n) is 3.27. The molecule has 1 aliphatic rings. The highest BCUT2D eigenvalue weighted by molar-refractivity contribution is 5.97. The highest BCUT2D eigenvalue weighted by atomic mass is 19.1. The Kier molecular flexibility index (Phi) is 4.37. The van der Waals surface area contributed by atoms with Crippen molar-refractivity contribution in [3.05, 3.63) is 29.6 Å². The number of rotatable bonds is 3. The zero-order valence-corrected chi connectivity index (χ0v) is 10.9. The third-order valence-corrected chi connectivity index (χ3v) is 3.27. The number of carbonyl (C=O) groups is 1. The van der Waals surface area contributed by atoms with Crippen molar-refractivity contribution in [1.82, 2.24) is 4.90 Å². The number of phenolic OH excluding ortho intramolecular Hbond substituents is 1. The molecule has 0 saturated carbocycles. The summed E-state index contributed by atoms with van der Waals surface area (Å²) in [5.74, 6) is -1.48. The van der Waals surface area contributed by atoms with Gasteiger partial charge in [0.2, 0.25) is 0 Å². The lowest BCUT2D eigenvalue weighted by Crippen LogP contribution is -2.43. The molecule has 1 heterocycles. The molecule has 5 heteroatoms. The van der Waals surface area contributed by atoms with Crippen LogP contribution in [0.3, 0.4) is 0 Å². The van der Waals surface area contributed by atoms with Gasteiger partial charge in [-0.15, -0.1) is 0 Å². The van der Waals surface area contributed by atoms with Crippen molar-refractivity contribution in [1.29, 1.82) is 0 Å². The molecule has 0 aliphatic carbocycles. The number of carbonyl (C=O) groups excluding carboxylic acids is 1. The monoisotopic (exact) mass is 267 g/mol. The quantitative estimate of drug-likeness (QED) is 0.913. The van der Waals surface area contributed by atoms with Gasteiger partial charge in [-0.3, -0.25) is 4.79 Å². The fourth-order valence-corrected chi connectivity index (χ4v) is 2.38. The minimum absolute atomic E-state index is 0.00313. The maximum absolute atomic E-state index is 13.7. The van der Waals surface area contributed by atoms with Gasteiger partial charge in [-0.25, -0.2) is 4.39 Å². The maximum atomic E-state index is 13.7. The van der Waals surface area contributed by atoms with Gasteiger partial charge in [-0.1, -0.05) is 6.07 Å². The minimum atomic E-state index is -0.691. The molecule has 1 aromatic rings. The molecule has 1 aliphatic heterocycles. The average Bonchev–Trinajstić information content (AvgIpc) is 2.39. The molecule has 1 aromatic carbocycles. The molecule has 1 fully saturated rings. The van der Waals surface area contributed by atoms with Crippen molar-refractivity contribution in [3.8, 4) is 5.75 Å². The molecule has 0 radical (unpaired) electrons. The van der Waals surface area contributed by atoms with Crippen LogP contribution in [0.25, 0.3) is 0 Å². The summed E-state index contributed by atoms with van der Waals surface area (Å²) in [7, 11) is 0. The normalized spacial score (nSPS) is 19.5. The van der Waals surface area contributed by atoms with Crippen LogP contribution in [0.15, 0.2) is 18.2 Å². The minimum Gasteiger partial charge on any atom is -0.507 e. The van der Waals surface area contributed by atoms with Gasteiger partial charge in [0.05, 0.1) is 6.10 Å². The Morgan fingerprint density at radius 3 is 3.05 bits per heavy atom. The lowest BCUT2D eigenvalue weighted by atomic mass is 10.1. The first kappa shape index (κ1) is 13.8. The van der Waals surface area contributed by atoms with Gasteiger partial charge < -0.3 is 14.7 Å². The Morgan fingerprint density at radius 1 is 1.58 bits per heavy atom. The summed E-state index contributed by atoms with van der Waals surface area (Å²) in [4.78, 5) is 13.8. The number of piperidine rings is 1. The zero-order chi connectivity index (χ0) is 13.8. The van der Waals surface area contributed by atoms with E-state index in [1.54, 1.807) is 4.90 Å². The first-order valence-corrected chi connectivity index (χ1v) is 6.51. The highest BCUT2D eigenvalue weighted by Crippen LogP contribution is 2.24. The Bertz CT molecular complexity index is 442. The number of likely N-dealkylation sites (tertiary alicyclic amines) is 1. The second-order valence-electron chi connectivity index (χ2n) is 4.60. The second kappa shape index (κ2) is 6.02. The molecular formula is C14H18FNO3. The molecular weight excluding hydrogens is 249 g/mol. The van der Waals surface area contributed by atoms with Crippen molar-refractivity contribution < 1.29 is 19.0 Å². The number of amides is 1. The van der Waals surface area contributed by atoms with E-state index in [0.717, 1.165) is 12.8 Å². The van der Waals surface area contributed by atoms with Crippen molar-refractivity contribution in [2.75, 3.05) is 19.7 Å². The van der Waals surface area contributed by atoms with Gasteiger partial charge in [0.25, 0.3) is 5.91 Å². The van der Waals surface area contributed by atoms with Crippen LogP contribution in [0.5, 0.6) is 5.75 Å². The smallest absolute Gasteiger partial charge is 0.260 e. The van der Waals surface area contributed by atoms with Gasteiger partial charge in [-0.2, -0.15) is 0 Å². The summed E-state index contributed by atoms with van der Waals surface area (Å²) in [5.41, 5.74) is -0.250. The van der Waals surface area contributed by atoms with E-state index < -0.39 is 11.7 Å². The summed E-state index contributed by atoms with van der Waals surface area (Å²) in [6, 6.07) is 3.87. The molecule has 0 unspecified atom stereocenters. The topological polar surface area (TPSA) is 49.8 Å².